The molecular weight excluding hydrogens is 317 g/mol. The summed E-state index contributed by atoms with van der Waals surface area (Å²) in [6.45, 7) is -0.0296. The molecule has 0 saturated carbocycles. The SMILES string of the molecule is Nc1ccc(CN(CP(=O)([O-])O)CP(=O)(O)O)cc1.[Na+]. The summed E-state index contributed by atoms with van der Waals surface area (Å²) in [6, 6.07) is 6.38. The maximum Gasteiger partial charge on any atom is 1.00 e. The van der Waals surface area contributed by atoms with Gasteiger partial charge < -0.3 is 29.9 Å². The largest absolute Gasteiger partial charge is 1.00 e. The van der Waals surface area contributed by atoms with Crippen molar-refractivity contribution in [1.82, 2.24) is 4.90 Å². The number of hydrogen-bond donors (Lipinski definition) is 4. The molecule has 0 aliphatic carbocycles. The van der Waals surface area contributed by atoms with Gasteiger partial charge in [0.2, 0.25) is 0 Å². The van der Waals surface area contributed by atoms with E-state index in [9.17, 15) is 14.0 Å². The molecule has 0 heterocycles. The van der Waals surface area contributed by atoms with E-state index in [1.165, 1.54) is 0 Å². The zero-order valence-electron chi connectivity index (χ0n) is 10.9. The molecule has 0 fully saturated rings. The molecule has 0 spiro atoms. The molecule has 108 valence electrons. The van der Waals surface area contributed by atoms with Gasteiger partial charge in [-0.3, -0.25) is 9.46 Å². The van der Waals surface area contributed by atoms with E-state index in [0.717, 1.165) is 4.90 Å². The summed E-state index contributed by atoms with van der Waals surface area (Å²) in [4.78, 5) is 38.4. The van der Waals surface area contributed by atoms with Crippen LogP contribution in [0, 0.1) is 0 Å². The van der Waals surface area contributed by atoms with Gasteiger partial charge in [0.1, 0.15) is 13.9 Å². The van der Waals surface area contributed by atoms with Crippen LogP contribution in [0.1, 0.15) is 5.56 Å². The Morgan fingerprint density at radius 1 is 1.10 bits per heavy atom. The van der Waals surface area contributed by atoms with Gasteiger partial charge in [0.15, 0.2) is 0 Å². The first-order valence-corrected chi connectivity index (χ1v) is 8.75. The number of nitrogen functional groups attached to an aromatic ring is 1. The molecule has 0 radical (unpaired) electrons. The monoisotopic (exact) mass is 332 g/mol. The summed E-state index contributed by atoms with van der Waals surface area (Å²) in [5.41, 5.74) is 6.63. The van der Waals surface area contributed by atoms with Crippen LogP contribution in [0.15, 0.2) is 24.3 Å². The van der Waals surface area contributed by atoms with Gasteiger partial charge in [-0.25, -0.2) is 0 Å². The summed E-state index contributed by atoms with van der Waals surface area (Å²) in [6.07, 6.45) is -1.59. The number of nitrogens with zero attached hydrogens (tertiary/aromatic N) is 1. The third-order valence-corrected chi connectivity index (χ3v) is 3.67. The molecule has 1 aromatic carbocycles. The predicted molar refractivity (Wildman–Crippen MR) is 68.0 cm³/mol. The molecule has 0 amide bonds. The van der Waals surface area contributed by atoms with Crippen LogP contribution < -0.4 is 40.2 Å². The molecule has 0 aliphatic heterocycles. The number of nitrogens with two attached hydrogens (primary N) is 1. The summed E-state index contributed by atoms with van der Waals surface area (Å²) < 4.78 is 21.8. The van der Waals surface area contributed by atoms with Gasteiger partial charge in [-0.05, 0) is 17.7 Å². The number of benzene rings is 1. The van der Waals surface area contributed by atoms with Crippen molar-refractivity contribution in [3.05, 3.63) is 29.8 Å². The van der Waals surface area contributed by atoms with Crippen LogP contribution in [0.3, 0.4) is 0 Å². The van der Waals surface area contributed by atoms with E-state index >= 15 is 0 Å². The van der Waals surface area contributed by atoms with Crippen molar-refractivity contribution in [1.29, 1.82) is 0 Å². The molecule has 11 heteroatoms. The summed E-state index contributed by atoms with van der Waals surface area (Å²) in [7, 11) is -9.07. The Bertz CT molecular complexity index is 490. The molecule has 5 N–H and O–H groups in total. The summed E-state index contributed by atoms with van der Waals surface area (Å²) >= 11 is 0. The van der Waals surface area contributed by atoms with Crippen LogP contribution >= 0.6 is 15.2 Å². The molecule has 1 atom stereocenters. The molecule has 0 aliphatic rings. The van der Waals surface area contributed by atoms with Crippen molar-refractivity contribution in [2.45, 2.75) is 6.54 Å². The fraction of sp³-hybridized carbons (Fsp3) is 0.333. The average molecular weight is 332 g/mol. The second kappa shape index (κ2) is 8.06. The smallest absolute Gasteiger partial charge is 0.778 e. The van der Waals surface area contributed by atoms with Gasteiger partial charge in [-0.2, -0.15) is 0 Å². The third-order valence-electron chi connectivity index (χ3n) is 2.15. The van der Waals surface area contributed by atoms with E-state index in [-0.39, 0.29) is 36.1 Å². The second-order valence-corrected chi connectivity index (χ2v) is 7.33. The van der Waals surface area contributed by atoms with Crippen molar-refractivity contribution >= 4 is 20.9 Å². The third kappa shape index (κ3) is 9.26. The van der Waals surface area contributed by atoms with Crippen molar-refractivity contribution < 1.29 is 58.3 Å². The van der Waals surface area contributed by atoms with E-state index in [1.807, 2.05) is 0 Å². The van der Waals surface area contributed by atoms with Crippen molar-refractivity contribution in [2.75, 3.05) is 18.3 Å². The molecule has 1 rings (SSSR count). The van der Waals surface area contributed by atoms with Gasteiger partial charge in [-0.1, -0.05) is 12.1 Å². The molecule has 20 heavy (non-hydrogen) atoms. The van der Waals surface area contributed by atoms with Crippen LogP contribution in [0.25, 0.3) is 0 Å². The molecule has 8 nitrogen and oxygen atoms in total. The van der Waals surface area contributed by atoms with Crippen molar-refractivity contribution in [3.8, 4) is 0 Å². The van der Waals surface area contributed by atoms with Crippen molar-refractivity contribution in [2.24, 2.45) is 0 Å². The number of anilines is 1. The minimum absolute atomic E-state index is 0. The van der Waals surface area contributed by atoms with Crippen LogP contribution in [0.4, 0.5) is 5.69 Å². The molecule has 1 unspecified atom stereocenters. The molecular formula is C9H15N2NaO6P2. The van der Waals surface area contributed by atoms with Gasteiger partial charge in [0.05, 0.1) is 6.29 Å². The first-order valence-electron chi connectivity index (χ1n) is 5.19. The maximum atomic E-state index is 10.9. The van der Waals surface area contributed by atoms with Crippen LogP contribution in [0.5, 0.6) is 0 Å². The zero-order chi connectivity index (χ0) is 14.7. The predicted octanol–water partition coefficient (Wildman–Crippen LogP) is -3.29. The zero-order valence-corrected chi connectivity index (χ0v) is 14.7. The van der Waals surface area contributed by atoms with Gasteiger partial charge in [0.25, 0.3) is 0 Å². The Morgan fingerprint density at radius 3 is 2.00 bits per heavy atom. The fourth-order valence-corrected chi connectivity index (χ4v) is 3.12. The van der Waals surface area contributed by atoms with E-state index in [0.29, 0.717) is 11.3 Å². The maximum absolute atomic E-state index is 10.9. The van der Waals surface area contributed by atoms with Gasteiger partial charge >= 0.3 is 37.2 Å². The van der Waals surface area contributed by atoms with E-state index in [1.54, 1.807) is 24.3 Å². The fourth-order valence-electron chi connectivity index (χ4n) is 1.54. The first kappa shape index (κ1) is 20.3. The van der Waals surface area contributed by atoms with Crippen molar-refractivity contribution in [3.63, 3.8) is 0 Å². The summed E-state index contributed by atoms with van der Waals surface area (Å²) in [5, 5.41) is 0. The quantitative estimate of drug-likeness (QED) is 0.241. The standard InChI is InChI=1S/C9H16N2O6P2.Na/c10-9-3-1-8(2-4-9)5-11(6-18(12,13)14)7-19(15,16)17;/h1-4H,5-7,10H2,(H2,12,13,14)(H2,15,16,17);/q;+1/p-1. The van der Waals surface area contributed by atoms with Gasteiger partial charge in [0, 0.05) is 12.2 Å². The van der Waals surface area contributed by atoms with Crippen LogP contribution in [-0.4, -0.2) is 32.2 Å². The molecule has 0 saturated heterocycles. The first-order chi connectivity index (χ1) is 8.55. The second-order valence-electron chi connectivity index (χ2n) is 4.16. The Kier molecular flexibility index (Phi) is 8.17. The Balaban J connectivity index is 0.00000361. The summed E-state index contributed by atoms with van der Waals surface area (Å²) in [5.74, 6) is 0. The molecule has 0 aromatic heterocycles. The Morgan fingerprint density at radius 2 is 1.60 bits per heavy atom. The van der Waals surface area contributed by atoms with Gasteiger partial charge in [-0.15, -0.1) is 0 Å². The number of rotatable bonds is 6. The average Bonchev–Trinajstić information content (AvgIpc) is 2.16. The van der Waals surface area contributed by atoms with Crippen LogP contribution in [0.2, 0.25) is 0 Å². The van der Waals surface area contributed by atoms with E-state index in [4.69, 9.17) is 20.4 Å². The molecule has 1 aromatic rings. The topological polar surface area (TPSA) is 147 Å². The van der Waals surface area contributed by atoms with Crippen LogP contribution in [-0.2, 0) is 15.7 Å². The minimum Gasteiger partial charge on any atom is -0.778 e. The normalized spacial score (nSPS) is 14.7. The molecule has 0 bridgehead atoms. The van der Waals surface area contributed by atoms with E-state index in [2.05, 4.69) is 0 Å². The van der Waals surface area contributed by atoms with E-state index < -0.39 is 27.8 Å². The Labute approximate surface area is 138 Å². The minimum atomic E-state index is -4.65. The number of hydrogen-bond acceptors (Lipinski definition) is 5. The Hall–Kier alpha value is 0.280.